The molecule has 2 aromatic carbocycles. The average Bonchev–Trinajstić information content (AvgIpc) is 2.55. The van der Waals surface area contributed by atoms with Gasteiger partial charge in [-0.05, 0) is 35.7 Å². The van der Waals surface area contributed by atoms with Gasteiger partial charge in [0.15, 0.2) is 0 Å². The number of hydrogen-bond donors (Lipinski definition) is 1. The molecule has 0 unspecified atom stereocenters. The van der Waals surface area contributed by atoms with E-state index >= 15 is 0 Å². The van der Waals surface area contributed by atoms with E-state index in [1.807, 2.05) is 19.1 Å². The zero-order valence-corrected chi connectivity index (χ0v) is 12.4. The Morgan fingerprint density at radius 2 is 1.91 bits per heavy atom. The Kier molecular flexibility index (Phi) is 3.59. The van der Waals surface area contributed by atoms with Crippen LogP contribution < -0.4 is 10.2 Å². The Balaban J connectivity index is 2.20. The Labute approximate surface area is 127 Å². The number of fused-ring (bicyclic) bond motifs is 1. The standard InChI is InChI=1S/C18H16O4/c1-3-11-8-14-17(9-16(11)19)22-10-15(18(14)20)12-4-6-13(21-2)7-5-12/h4-10,19H,3H2,1-2H3. The van der Waals surface area contributed by atoms with Crippen LogP contribution in [-0.4, -0.2) is 12.2 Å². The van der Waals surface area contributed by atoms with Gasteiger partial charge in [0.2, 0.25) is 5.43 Å². The van der Waals surface area contributed by atoms with Crippen molar-refractivity contribution in [2.45, 2.75) is 13.3 Å². The summed E-state index contributed by atoms with van der Waals surface area (Å²) in [5.74, 6) is 0.877. The number of phenolic OH excluding ortho intramolecular Hbond substituents is 1. The summed E-state index contributed by atoms with van der Waals surface area (Å²) in [4.78, 5) is 12.7. The number of phenols is 1. The van der Waals surface area contributed by atoms with E-state index in [0.29, 0.717) is 23.0 Å². The molecule has 1 N–H and O–H groups in total. The van der Waals surface area contributed by atoms with E-state index in [2.05, 4.69) is 0 Å². The molecule has 3 aromatic rings. The summed E-state index contributed by atoms with van der Waals surface area (Å²) < 4.78 is 10.6. The van der Waals surface area contributed by atoms with E-state index in [0.717, 1.165) is 16.9 Å². The first kappa shape index (κ1) is 14.2. The lowest BCUT2D eigenvalue weighted by molar-refractivity contribution is 0.415. The van der Waals surface area contributed by atoms with Gasteiger partial charge >= 0.3 is 0 Å². The van der Waals surface area contributed by atoms with Crippen molar-refractivity contribution in [3.05, 3.63) is 58.4 Å². The number of aromatic hydroxyl groups is 1. The number of aryl methyl sites for hydroxylation is 1. The van der Waals surface area contributed by atoms with Crippen LogP contribution in [0, 0.1) is 0 Å². The van der Waals surface area contributed by atoms with Crippen molar-refractivity contribution in [3.8, 4) is 22.6 Å². The second-order valence-corrected chi connectivity index (χ2v) is 5.04. The summed E-state index contributed by atoms with van der Waals surface area (Å²) >= 11 is 0. The van der Waals surface area contributed by atoms with Crippen molar-refractivity contribution < 1.29 is 14.3 Å². The van der Waals surface area contributed by atoms with E-state index < -0.39 is 0 Å². The minimum Gasteiger partial charge on any atom is -0.508 e. The van der Waals surface area contributed by atoms with E-state index in [-0.39, 0.29) is 11.2 Å². The molecule has 0 atom stereocenters. The number of benzene rings is 2. The largest absolute Gasteiger partial charge is 0.508 e. The van der Waals surface area contributed by atoms with Gasteiger partial charge in [0, 0.05) is 6.07 Å². The third-order valence-corrected chi connectivity index (χ3v) is 3.76. The maximum Gasteiger partial charge on any atom is 0.200 e. The summed E-state index contributed by atoms with van der Waals surface area (Å²) in [6.07, 6.45) is 2.07. The predicted octanol–water partition coefficient (Wildman–Crippen LogP) is 3.74. The monoisotopic (exact) mass is 296 g/mol. The quantitative estimate of drug-likeness (QED) is 0.800. The lowest BCUT2D eigenvalue weighted by atomic mass is 10.0. The molecule has 0 aliphatic rings. The van der Waals surface area contributed by atoms with Crippen molar-refractivity contribution in [2.75, 3.05) is 7.11 Å². The Morgan fingerprint density at radius 3 is 2.55 bits per heavy atom. The fourth-order valence-corrected chi connectivity index (χ4v) is 2.46. The van der Waals surface area contributed by atoms with E-state index in [1.165, 1.54) is 12.3 Å². The second-order valence-electron chi connectivity index (χ2n) is 5.04. The molecule has 4 heteroatoms. The summed E-state index contributed by atoms with van der Waals surface area (Å²) in [7, 11) is 1.60. The van der Waals surface area contributed by atoms with E-state index in [9.17, 15) is 9.90 Å². The molecule has 0 fully saturated rings. The van der Waals surface area contributed by atoms with Gasteiger partial charge in [0.25, 0.3) is 0 Å². The molecule has 3 rings (SSSR count). The van der Waals surface area contributed by atoms with Crippen LogP contribution in [0.3, 0.4) is 0 Å². The Hall–Kier alpha value is -2.75. The van der Waals surface area contributed by atoms with Crippen LogP contribution in [0.1, 0.15) is 12.5 Å². The van der Waals surface area contributed by atoms with Crippen LogP contribution in [0.4, 0.5) is 0 Å². The lowest BCUT2D eigenvalue weighted by Gasteiger charge is -2.07. The van der Waals surface area contributed by atoms with Gasteiger partial charge in [-0.25, -0.2) is 0 Å². The van der Waals surface area contributed by atoms with Crippen LogP contribution in [0.5, 0.6) is 11.5 Å². The molecular weight excluding hydrogens is 280 g/mol. The zero-order valence-electron chi connectivity index (χ0n) is 12.4. The van der Waals surface area contributed by atoms with Gasteiger partial charge in [-0.1, -0.05) is 19.1 Å². The number of methoxy groups -OCH3 is 1. The van der Waals surface area contributed by atoms with Gasteiger partial charge in [0.05, 0.1) is 18.1 Å². The molecule has 0 aliphatic carbocycles. The highest BCUT2D eigenvalue weighted by molar-refractivity contribution is 5.83. The first-order chi connectivity index (χ1) is 10.6. The highest BCUT2D eigenvalue weighted by Crippen LogP contribution is 2.27. The summed E-state index contributed by atoms with van der Waals surface area (Å²) in [5.41, 5.74) is 2.26. The molecule has 0 spiro atoms. The van der Waals surface area contributed by atoms with Gasteiger partial charge in [0.1, 0.15) is 23.3 Å². The molecule has 0 aliphatic heterocycles. The molecule has 0 bridgehead atoms. The topological polar surface area (TPSA) is 59.7 Å². The highest BCUT2D eigenvalue weighted by atomic mass is 16.5. The number of hydrogen-bond acceptors (Lipinski definition) is 4. The SMILES string of the molecule is CCc1cc2c(=O)c(-c3ccc(OC)cc3)coc2cc1O. The maximum absolute atomic E-state index is 12.7. The van der Waals surface area contributed by atoms with Gasteiger partial charge in [-0.2, -0.15) is 0 Å². The van der Waals surface area contributed by atoms with E-state index in [1.54, 1.807) is 25.3 Å². The normalized spacial score (nSPS) is 10.8. The van der Waals surface area contributed by atoms with Crippen molar-refractivity contribution in [2.24, 2.45) is 0 Å². The van der Waals surface area contributed by atoms with Gasteiger partial charge < -0.3 is 14.3 Å². The zero-order chi connectivity index (χ0) is 15.7. The smallest absolute Gasteiger partial charge is 0.200 e. The van der Waals surface area contributed by atoms with Crippen molar-refractivity contribution in [3.63, 3.8) is 0 Å². The fraction of sp³-hybridized carbons (Fsp3) is 0.167. The summed E-state index contributed by atoms with van der Waals surface area (Å²) in [6.45, 7) is 1.93. The minimum atomic E-state index is -0.110. The van der Waals surface area contributed by atoms with Crippen LogP contribution >= 0.6 is 0 Å². The molecule has 22 heavy (non-hydrogen) atoms. The molecular formula is C18H16O4. The molecule has 112 valence electrons. The van der Waals surface area contributed by atoms with E-state index in [4.69, 9.17) is 9.15 Å². The second kappa shape index (κ2) is 5.56. The van der Waals surface area contributed by atoms with Crippen molar-refractivity contribution >= 4 is 11.0 Å². The molecule has 0 amide bonds. The van der Waals surface area contributed by atoms with Crippen molar-refractivity contribution in [1.82, 2.24) is 0 Å². The molecule has 4 nitrogen and oxygen atoms in total. The molecule has 0 saturated carbocycles. The van der Waals surface area contributed by atoms with Crippen LogP contribution in [-0.2, 0) is 6.42 Å². The maximum atomic E-state index is 12.7. The third kappa shape index (κ3) is 2.33. The van der Waals surface area contributed by atoms with Crippen LogP contribution in [0.25, 0.3) is 22.1 Å². The molecule has 0 radical (unpaired) electrons. The average molecular weight is 296 g/mol. The van der Waals surface area contributed by atoms with Gasteiger partial charge in [-0.15, -0.1) is 0 Å². The predicted molar refractivity (Wildman–Crippen MR) is 85.5 cm³/mol. The number of ether oxygens (including phenoxy) is 1. The Bertz CT molecular complexity index is 876. The summed E-state index contributed by atoms with van der Waals surface area (Å²) in [5, 5.41) is 10.3. The third-order valence-electron chi connectivity index (χ3n) is 3.76. The lowest BCUT2D eigenvalue weighted by Crippen LogP contribution is -2.05. The number of rotatable bonds is 3. The van der Waals surface area contributed by atoms with Crippen LogP contribution in [0.15, 0.2) is 51.9 Å². The Morgan fingerprint density at radius 1 is 1.18 bits per heavy atom. The highest BCUT2D eigenvalue weighted by Gasteiger charge is 2.12. The first-order valence-corrected chi connectivity index (χ1v) is 7.06. The van der Waals surface area contributed by atoms with Crippen LogP contribution in [0.2, 0.25) is 0 Å². The fourth-order valence-electron chi connectivity index (χ4n) is 2.46. The minimum absolute atomic E-state index is 0.110. The van der Waals surface area contributed by atoms with Gasteiger partial charge in [-0.3, -0.25) is 4.79 Å². The molecule has 1 aromatic heterocycles. The summed E-state index contributed by atoms with van der Waals surface area (Å²) in [6, 6.07) is 10.4. The molecule has 1 heterocycles. The molecule has 0 saturated heterocycles. The first-order valence-electron chi connectivity index (χ1n) is 7.06. The van der Waals surface area contributed by atoms with Crippen molar-refractivity contribution in [1.29, 1.82) is 0 Å².